The summed E-state index contributed by atoms with van der Waals surface area (Å²) in [6.45, 7) is 6.30. The first-order valence-electron chi connectivity index (χ1n) is 25.9. The van der Waals surface area contributed by atoms with Crippen molar-refractivity contribution in [3.05, 3.63) is 85.1 Å². The molecule has 356 valence electrons. The van der Waals surface area contributed by atoms with E-state index < -0.39 is 18.2 Å². The Kier molecular flexibility index (Phi) is 46.7. The number of amides is 1. The van der Waals surface area contributed by atoms with Crippen LogP contribution in [0.1, 0.15) is 233 Å². The molecule has 0 aromatic heterocycles. The van der Waals surface area contributed by atoms with Gasteiger partial charge in [0.25, 0.3) is 0 Å². The van der Waals surface area contributed by atoms with Crippen LogP contribution in [0.4, 0.5) is 0 Å². The maximum atomic E-state index is 13.2. The lowest BCUT2D eigenvalue weighted by molar-refractivity contribution is -0.151. The van der Waals surface area contributed by atoms with E-state index in [1.807, 2.05) is 48.6 Å². The van der Waals surface area contributed by atoms with Crippen molar-refractivity contribution in [2.45, 2.75) is 251 Å². The van der Waals surface area contributed by atoms with Crippen LogP contribution in [0.3, 0.4) is 0 Å². The van der Waals surface area contributed by atoms with E-state index in [2.05, 4.69) is 62.5 Å². The second-order valence-corrected chi connectivity index (χ2v) is 17.3. The van der Waals surface area contributed by atoms with E-state index in [9.17, 15) is 19.8 Å². The van der Waals surface area contributed by atoms with Gasteiger partial charge in [-0.25, -0.2) is 0 Å². The first-order chi connectivity index (χ1) is 30.5. The van der Waals surface area contributed by atoms with E-state index >= 15 is 0 Å². The summed E-state index contributed by atoms with van der Waals surface area (Å²) in [4.78, 5) is 26.1. The van der Waals surface area contributed by atoms with Crippen LogP contribution >= 0.6 is 0 Å². The molecule has 0 aliphatic rings. The van der Waals surface area contributed by atoms with Crippen molar-refractivity contribution in [3.63, 3.8) is 0 Å². The normalized spacial score (nSPS) is 14.0. The van der Waals surface area contributed by atoms with Crippen molar-refractivity contribution in [3.8, 4) is 0 Å². The number of aliphatic hydroxyl groups is 2. The van der Waals surface area contributed by atoms with E-state index in [1.165, 1.54) is 116 Å². The molecule has 6 heteroatoms. The number of hydrogen-bond donors (Lipinski definition) is 3. The van der Waals surface area contributed by atoms with Crippen LogP contribution in [-0.4, -0.2) is 46.9 Å². The fraction of sp³-hybridized carbons (Fsp3) is 0.714. The van der Waals surface area contributed by atoms with E-state index in [0.717, 1.165) is 70.6 Å². The van der Waals surface area contributed by atoms with Gasteiger partial charge in [-0.3, -0.25) is 9.59 Å². The minimum Gasteiger partial charge on any atom is -0.462 e. The van der Waals surface area contributed by atoms with Crippen molar-refractivity contribution in [2.75, 3.05) is 6.61 Å². The summed E-state index contributed by atoms with van der Waals surface area (Å²) in [5, 5.41) is 23.7. The smallest absolute Gasteiger partial charge is 0.306 e. The highest BCUT2D eigenvalue weighted by Gasteiger charge is 2.24. The maximum absolute atomic E-state index is 13.2. The van der Waals surface area contributed by atoms with Gasteiger partial charge in [0, 0.05) is 6.42 Å². The van der Waals surface area contributed by atoms with Crippen LogP contribution in [0, 0.1) is 0 Å². The average molecular weight is 864 g/mol. The summed E-state index contributed by atoms with van der Waals surface area (Å²) in [6, 6.07) is -0.734. The van der Waals surface area contributed by atoms with Crippen LogP contribution in [0.5, 0.6) is 0 Å². The molecule has 0 bridgehead atoms. The first kappa shape index (κ1) is 59.0. The Morgan fingerprint density at radius 3 is 1.37 bits per heavy atom. The van der Waals surface area contributed by atoms with E-state index in [1.54, 1.807) is 0 Å². The molecule has 3 unspecified atom stereocenters. The lowest BCUT2D eigenvalue weighted by atomic mass is 10.0. The monoisotopic (exact) mass is 864 g/mol. The van der Waals surface area contributed by atoms with Crippen molar-refractivity contribution in [2.24, 2.45) is 0 Å². The number of nitrogens with one attached hydrogen (secondary N) is 1. The highest BCUT2D eigenvalue weighted by Crippen LogP contribution is 2.17. The molecule has 6 nitrogen and oxygen atoms in total. The Morgan fingerprint density at radius 2 is 0.887 bits per heavy atom. The molecule has 3 atom stereocenters. The molecule has 0 heterocycles. The fourth-order valence-electron chi connectivity index (χ4n) is 7.45. The zero-order valence-corrected chi connectivity index (χ0v) is 40.5. The Bertz CT molecular complexity index is 1200. The predicted octanol–water partition coefficient (Wildman–Crippen LogP) is 15.6. The van der Waals surface area contributed by atoms with Gasteiger partial charge in [0.1, 0.15) is 6.10 Å². The van der Waals surface area contributed by atoms with Gasteiger partial charge in [-0.15, -0.1) is 0 Å². The molecule has 1 amide bonds. The van der Waals surface area contributed by atoms with Crippen LogP contribution < -0.4 is 5.32 Å². The van der Waals surface area contributed by atoms with E-state index in [0.29, 0.717) is 19.3 Å². The molecule has 3 N–H and O–H groups in total. The number of hydrogen-bond acceptors (Lipinski definition) is 5. The molecular formula is C56H97NO5. The number of aliphatic hydroxyl groups excluding tert-OH is 2. The largest absolute Gasteiger partial charge is 0.462 e. The second-order valence-electron chi connectivity index (χ2n) is 17.3. The van der Waals surface area contributed by atoms with Gasteiger partial charge < -0.3 is 20.3 Å². The molecule has 0 rings (SSSR count). The van der Waals surface area contributed by atoms with Crippen LogP contribution in [-0.2, 0) is 14.3 Å². The van der Waals surface area contributed by atoms with Crippen molar-refractivity contribution < 1.29 is 24.5 Å². The summed E-state index contributed by atoms with van der Waals surface area (Å²) >= 11 is 0. The minimum atomic E-state index is -0.815. The molecule has 0 aromatic carbocycles. The molecule has 0 saturated carbocycles. The highest BCUT2D eigenvalue weighted by molar-refractivity contribution is 5.77. The van der Waals surface area contributed by atoms with Gasteiger partial charge in [-0.1, -0.05) is 241 Å². The van der Waals surface area contributed by atoms with Gasteiger partial charge >= 0.3 is 5.97 Å². The van der Waals surface area contributed by atoms with Crippen LogP contribution in [0.25, 0.3) is 0 Å². The van der Waals surface area contributed by atoms with Crippen molar-refractivity contribution in [1.82, 2.24) is 5.32 Å². The van der Waals surface area contributed by atoms with Gasteiger partial charge in [0.2, 0.25) is 5.91 Å². The Hall–Kier alpha value is -2.96. The summed E-state index contributed by atoms with van der Waals surface area (Å²) in [7, 11) is 0. The van der Waals surface area contributed by atoms with Gasteiger partial charge in [0.05, 0.1) is 25.2 Å². The topological polar surface area (TPSA) is 95.9 Å². The molecule has 0 fully saturated rings. The quantitative estimate of drug-likeness (QED) is 0.0322. The molecular weight excluding hydrogens is 767 g/mol. The maximum Gasteiger partial charge on any atom is 0.306 e. The summed E-state index contributed by atoms with van der Waals surface area (Å²) in [6.07, 6.45) is 63.6. The number of esters is 1. The highest BCUT2D eigenvalue weighted by atomic mass is 16.5. The second kappa shape index (κ2) is 49.1. The zero-order chi connectivity index (χ0) is 45.2. The molecule has 62 heavy (non-hydrogen) atoms. The third kappa shape index (κ3) is 43.7. The predicted molar refractivity (Wildman–Crippen MR) is 268 cm³/mol. The molecule has 0 spiro atoms. The molecule has 0 aliphatic carbocycles. The van der Waals surface area contributed by atoms with Crippen molar-refractivity contribution in [1.29, 1.82) is 0 Å². The lowest BCUT2D eigenvalue weighted by Crippen LogP contribution is -2.46. The van der Waals surface area contributed by atoms with E-state index in [-0.39, 0.29) is 24.9 Å². The summed E-state index contributed by atoms with van der Waals surface area (Å²) < 4.78 is 5.88. The minimum absolute atomic E-state index is 0.0143. The van der Waals surface area contributed by atoms with Crippen LogP contribution in [0.2, 0.25) is 0 Å². The summed E-state index contributed by atoms with van der Waals surface area (Å²) in [5.41, 5.74) is 0. The number of rotatable bonds is 45. The number of carbonyl (C=O) groups excluding carboxylic acids is 2. The fourth-order valence-corrected chi connectivity index (χ4v) is 7.45. The zero-order valence-electron chi connectivity index (χ0n) is 40.5. The van der Waals surface area contributed by atoms with Gasteiger partial charge in [-0.05, 0) is 64.2 Å². The van der Waals surface area contributed by atoms with Crippen LogP contribution in [0.15, 0.2) is 85.1 Å². The number of unbranched alkanes of at least 4 members (excludes halogenated alkanes) is 24. The Balaban J connectivity index is 4.71. The van der Waals surface area contributed by atoms with Gasteiger partial charge in [0.15, 0.2) is 0 Å². The number of ether oxygens (including phenoxy) is 1. The van der Waals surface area contributed by atoms with E-state index in [4.69, 9.17) is 4.74 Å². The summed E-state index contributed by atoms with van der Waals surface area (Å²) in [5.74, 6) is -0.581. The lowest BCUT2D eigenvalue weighted by Gasteiger charge is -2.24. The third-order valence-electron chi connectivity index (χ3n) is 11.4. The Morgan fingerprint density at radius 1 is 0.484 bits per heavy atom. The number of allylic oxidation sites excluding steroid dienone is 14. The third-order valence-corrected chi connectivity index (χ3v) is 11.4. The molecule has 0 radical (unpaired) electrons. The van der Waals surface area contributed by atoms with Crippen molar-refractivity contribution >= 4 is 11.9 Å². The van der Waals surface area contributed by atoms with Gasteiger partial charge in [-0.2, -0.15) is 0 Å². The Labute approximate surface area is 383 Å². The standard InChI is InChI=1S/C56H97NO5/c1-4-7-10-13-16-19-22-25-27-28-31-34-37-40-43-46-49-56(61)62-52(47-44-41-38-35-32-29-24-21-18-15-12-9-6-3)50-55(60)57-53(51-58)54(59)48-45-42-39-36-33-30-26-23-20-17-14-11-8-5-2/h9,12,15,18,21,24,27-29,31-32,34-35,38,52-54,58-59H,4-8,10-11,13-14,16-17,19-20,22-23,25-26,30,33,36-37,39-51H2,1-3H3,(H,57,60)/b12-9+,18-15+,24-21-,28-27+,32-29-,34-31+,38-35+. The number of carbonyl (C=O) groups is 2. The average Bonchev–Trinajstić information content (AvgIpc) is 3.26. The first-order valence-corrected chi connectivity index (χ1v) is 25.9. The SMILES string of the molecule is CC/C=C/C=C/C=C\C=C/C=C/CCCC(CC(=O)NC(CO)C(O)CCCCCCCCCCCCCCCC)OC(=O)CCCCC/C=C/C=C/CCCCCCCCC. The molecule has 0 saturated heterocycles. The molecule has 0 aliphatic heterocycles. The molecule has 0 aromatic rings.